The highest BCUT2D eigenvalue weighted by molar-refractivity contribution is 5.20. The van der Waals surface area contributed by atoms with E-state index >= 15 is 0 Å². The smallest absolute Gasteiger partial charge is 0.0704 e. The van der Waals surface area contributed by atoms with Crippen LogP contribution in [0.1, 0.15) is 17.2 Å². The van der Waals surface area contributed by atoms with E-state index in [1.54, 1.807) is 0 Å². The lowest BCUT2D eigenvalue weighted by molar-refractivity contribution is 0.0156. The first-order chi connectivity index (χ1) is 12.8. The summed E-state index contributed by atoms with van der Waals surface area (Å²) in [5.41, 5.74) is 9.46. The van der Waals surface area contributed by atoms with Crippen LogP contribution in [0.2, 0.25) is 0 Å². The molecule has 2 aromatic carbocycles. The summed E-state index contributed by atoms with van der Waals surface area (Å²) >= 11 is 0. The maximum atomic E-state index is 6.06. The summed E-state index contributed by atoms with van der Waals surface area (Å²) in [6.45, 7) is 7.27. The highest BCUT2D eigenvalue weighted by Gasteiger charge is 2.04. The summed E-state index contributed by atoms with van der Waals surface area (Å²) < 4.78 is 16.6. The number of hydrogen-bond donors (Lipinski definition) is 1. The molecule has 4 nitrogen and oxygen atoms in total. The molecule has 4 heteroatoms. The predicted molar refractivity (Wildman–Crippen MR) is 105 cm³/mol. The third kappa shape index (κ3) is 8.41. The van der Waals surface area contributed by atoms with Crippen LogP contribution in [0.5, 0.6) is 0 Å². The van der Waals surface area contributed by atoms with E-state index in [9.17, 15) is 0 Å². The molecule has 2 rings (SSSR count). The Bertz CT molecular complexity index is 616. The van der Waals surface area contributed by atoms with Gasteiger partial charge in [0.15, 0.2) is 0 Å². The third-order valence-electron chi connectivity index (χ3n) is 3.87. The minimum Gasteiger partial charge on any atom is -0.377 e. The van der Waals surface area contributed by atoms with Crippen LogP contribution < -0.4 is 5.73 Å². The van der Waals surface area contributed by atoms with Crippen molar-refractivity contribution in [3.8, 4) is 0 Å². The number of nitrogens with two attached hydrogens (primary N) is 1. The zero-order chi connectivity index (χ0) is 18.5. The fourth-order valence-electron chi connectivity index (χ4n) is 2.50. The molecule has 26 heavy (non-hydrogen) atoms. The molecule has 0 spiro atoms. The first-order valence-electron chi connectivity index (χ1n) is 9.00. The molecule has 0 saturated carbocycles. The molecule has 0 aliphatic rings. The zero-order valence-electron chi connectivity index (χ0n) is 15.3. The first-order valence-corrected chi connectivity index (χ1v) is 9.00. The van der Waals surface area contributed by atoms with Gasteiger partial charge < -0.3 is 19.9 Å². The maximum absolute atomic E-state index is 6.06. The molecule has 0 fully saturated rings. The van der Waals surface area contributed by atoms with Crippen molar-refractivity contribution in [3.05, 3.63) is 83.9 Å². The Kier molecular flexibility index (Phi) is 9.69. The number of rotatable bonds is 13. The van der Waals surface area contributed by atoms with Gasteiger partial charge in [0.2, 0.25) is 0 Å². The molecule has 0 aliphatic heterocycles. The molecule has 0 aromatic heterocycles. The second kappa shape index (κ2) is 12.4. The molecule has 140 valence electrons. The van der Waals surface area contributed by atoms with E-state index in [4.69, 9.17) is 19.9 Å². The van der Waals surface area contributed by atoms with Crippen LogP contribution in [0.4, 0.5) is 0 Å². The Morgan fingerprint density at radius 2 is 1.38 bits per heavy atom. The standard InChI is InChI=1S/C22H29NO3/c1-19(16-20-8-4-2-5-9-20)17-25-14-12-24-13-15-26-18-22(23)21-10-6-3-7-11-21/h2-11,22H,1,12-18,23H2/t22-/m1/s1. The lowest BCUT2D eigenvalue weighted by Crippen LogP contribution is -2.19. The molecule has 0 radical (unpaired) electrons. The topological polar surface area (TPSA) is 53.7 Å². The monoisotopic (exact) mass is 355 g/mol. The molecule has 0 heterocycles. The Balaban J connectivity index is 1.42. The van der Waals surface area contributed by atoms with E-state index in [1.807, 2.05) is 48.5 Å². The quantitative estimate of drug-likeness (QED) is 0.441. The van der Waals surface area contributed by atoms with Crippen molar-refractivity contribution in [3.63, 3.8) is 0 Å². The van der Waals surface area contributed by atoms with Gasteiger partial charge in [-0.3, -0.25) is 0 Å². The van der Waals surface area contributed by atoms with Crippen LogP contribution in [-0.4, -0.2) is 39.6 Å². The second-order valence-electron chi connectivity index (χ2n) is 6.17. The summed E-state index contributed by atoms with van der Waals surface area (Å²) in [5.74, 6) is 0. The normalized spacial score (nSPS) is 12.0. The van der Waals surface area contributed by atoms with Gasteiger partial charge in [-0.1, -0.05) is 67.2 Å². The predicted octanol–water partition coefficient (Wildman–Crippen LogP) is 3.54. The molecule has 0 aliphatic carbocycles. The minimum absolute atomic E-state index is 0.102. The van der Waals surface area contributed by atoms with Crippen LogP contribution in [-0.2, 0) is 20.6 Å². The Morgan fingerprint density at radius 1 is 0.808 bits per heavy atom. The summed E-state index contributed by atoms with van der Waals surface area (Å²) in [6, 6.07) is 20.1. The summed E-state index contributed by atoms with van der Waals surface area (Å²) in [6.07, 6.45) is 0.844. The molecule has 0 saturated heterocycles. The SMILES string of the molecule is C=C(COCCOCCOC[C@@H](N)c1ccccc1)Cc1ccccc1. The van der Waals surface area contributed by atoms with Crippen molar-refractivity contribution >= 4 is 0 Å². The van der Waals surface area contributed by atoms with E-state index in [0.717, 1.165) is 17.6 Å². The van der Waals surface area contributed by atoms with Gasteiger partial charge in [0, 0.05) is 0 Å². The van der Waals surface area contributed by atoms with E-state index in [1.165, 1.54) is 5.56 Å². The molecule has 1 atom stereocenters. The minimum atomic E-state index is -0.102. The Labute approximate surface area is 156 Å². The zero-order valence-corrected chi connectivity index (χ0v) is 15.3. The largest absolute Gasteiger partial charge is 0.377 e. The van der Waals surface area contributed by atoms with Crippen molar-refractivity contribution in [1.82, 2.24) is 0 Å². The lowest BCUT2D eigenvalue weighted by Gasteiger charge is -2.12. The third-order valence-corrected chi connectivity index (χ3v) is 3.87. The van der Waals surface area contributed by atoms with E-state index in [0.29, 0.717) is 39.6 Å². The highest BCUT2D eigenvalue weighted by atomic mass is 16.5. The molecule has 0 amide bonds. The van der Waals surface area contributed by atoms with Crippen molar-refractivity contribution in [2.75, 3.05) is 39.6 Å². The van der Waals surface area contributed by atoms with Gasteiger partial charge in [0.25, 0.3) is 0 Å². The molecule has 0 unspecified atom stereocenters. The van der Waals surface area contributed by atoms with Crippen LogP contribution in [0.15, 0.2) is 72.8 Å². The van der Waals surface area contributed by atoms with Crippen molar-refractivity contribution in [2.45, 2.75) is 12.5 Å². The van der Waals surface area contributed by atoms with Gasteiger partial charge in [0.05, 0.1) is 45.7 Å². The Morgan fingerprint density at radius 3 is 2.08 bits per heavy atom. The van der Waals surface area contributed by atoms with E-state index in [-0.39, 0.29) is 6.04 Å². The summed E-state index contributed by atoms with van der Waals surface area (Å²) in [5, 5.41) is 0. The first kappa shape index (κ1) is 20.3. The summed E-state index contributed by atoms with van der Waals surface area (Å²) in [7, 11) is 0. The average molecular weight is 355 g/mol. The van der Waals surface area contributed by atoms with Gasteiger partial charge >= 0.3 is 0 Å². The summed E-state index contributed by atoms with van der Waals surface area (Å²) in [4.78, 5) is 0. The van der Waals surface area contributed by atoms with Crippen molar-refractivity contribution in [2.24, 2.45) is 5.73 Å². The van der Waals surface area contributed by atoms with Crippen LogP contribution in [0.3, 0.4) is 0 Å². The molecule has 2 N–H and O–H groups in total. The van der Waals surface area contributed by atoms with Gasteiger partial charge in [-0.15, -0.1) is 0 Å². The van der Waals surface area contributed by atoms with Gasteiger partial charge in [0.1, 0.15) is 0 Å². The fraction of sp³-hybridized carbons (Fsp3) is 0.364. The van der Waals surface area contributed by atoms with Gasteiger partial charge in [-0.05, 0) is 23.1 Å². The highest BCUT2D eigenvalue weighted by Crippen LogP contribution is 2.09. The van der Waals surface area contributed by atoms with E-state index in [2.05, 4.69) is 18.7 Å². The molecule has 2 aromatic rings. The second-order valence-corrected chi connectivity index (χ2v) is 6.17. The number of hydrogen-bond acceptors (Lipinski definition) is 4. The van der Waals surface area contributed by atoms with Gasteiger partial charge in [-0.2, -0.15) is 0 Å². The number of benzene rings is 2. The van der Waals surface area contributed by atoms with Crippen molar-refractivity contribution < 1.29 is 14.2 Å². The van der Waals surface area contributed by atoms with Crippen LogP contribution >= 0.6 is 0 Å². The van der Waals surface area contributed by atoms with Crippen LogP contribution in [0.25, 0.3) is 0 Å². The number of ether oxygens (including phenoxy) is 3. The Hall–Kier alpha value is -1.98. The molecule has 0 bridgehead atoms. The lowest BCUT2D eigenvalue weighted by atomic mass is 10.1. The van der Waals surface area contributed by atoms with Crippen molar-refractivity contribution in [1.29, 1.82) is 0 Å². The van der Waals surface area contributed by atoms with Gasteiger partial charge in [-0.25, -0.2) is 0 Å². The average Bonchev–Trinajstić information content (AvgIpc) is 2.68. The molecular formula is C22H29NO3. The fourth-order valence-corrected chi connectivity index (χ4v) is 2.50. The van der Waals surface area contributed by atoms with E-state index < -0.39 is 0 Å². The maximum Gasteiger partial charge on any atom is 0.0704 e. The molecular weight excluding hydrogens is 326 g/mol. The van der Waals surface area contributed by atoms with Crippen LogP contribution in [0, 0.1) is 0 Å².